The maximum absolute atomic E-state index is 6.76. The molecule has 0 amide bonds. The summed E-state index contributed by atoms with van der Waals surface area (Å²) in [6, 6.07) is 90.9. The molecule has 13 rings (SSSR count). The zero-order valence-electron chi connectivity index (χ0n) is 35.5. The molecule has 1 heterocycles. The Morgan fingerprint density at radius 1 is 0.323 bits per heavy atom. The molecule has 2 nitrogen and oxygen atoms in total. The molecule has 0 spiro atoms. The van der Waals surface area contributed by atoms with Gasteiger partial charge in [0.2, 0.25) is 0 Å². The van der Waals surface area contributed by atoms with Gasteiger partial charge in [0.25, 0.3) is 0 Å². The fourth-order valence-corrected chi connectivity index (χ4v) is 10.9. The Morgan fingerprint density at radius 2 is 0.892 bits per heavy atom. The van der Waals surface area contributed by atoms with Crippen LogP contribution in [0.4, 0.5) is 17.1 Å². The van der Waals surface area contributed by atoms with E-state index in [1.807, 2.05) is 0 Å². The fraction of sp³-hybridized carbons (Fsp3) is 0.0159. The van der Waals surface area contributed by atoms with Crippen LogP contribution in [0.3, 0.4) is 0 Å². The predicted molar refractivity (Wildman–Crippen MR) is 272 cm³/mol. The summed E-state index contributed by atoms with van der Waals surface area (Å²) >= 11 is 0. The summed E-state index contributed by atoms with van der Waals surface area (Å²) in [4.78, 5) is 2.45. The van der Waals surface area contributed by atoms with E-state index in [0.29, 0.717) is 0 Å². The van der Waals surface area contributed by atoms with E-state index < -0.39 is 5.41 Å². The summed E-state index contributed by atoms with van der Waals surface area (Å²) in [6.07, 6.45) is 0. The van der Waals surface area contributed by atoms with Crippen LogP contribution >= 0.6 is 0 Å². The van der Waals surface area contributed by atoms with Crippen LogP contribution in [0.1, 0.15) is 22.3 Å². The number of rotatable bonds is 7. The van der Waals surface area contributed by atoms with E-state index in [9.17, 15) is 0 Å². The lowest BCUT2D eigenvalue weighted by Crippen LogP contribution is -2.28. The molecule has 0 atom stereocenters. The summed E-state index contributed by atoms with van der Waals surface area (Å²) in [7, 11) is 0. The molecule has 0 radical (unpaired) electrons. The highest BCUT2D eigenvalue weighted by Gasteiger charge is 2.46. The van der Waals surface area contributed by atoms with Crippen molar-refractivity contribution in [1.82, 2.24) is 0 Å². The van der Waals surface area contributed by atoms with Crippen molar-refractivity contribution in [3.63, 3.8) is 0 Å². The lowest BCUT2D eigenvalue weighted by molar-refractivity contribution is 0.673. The van der Waals surface area contributed by atoms with Crippen LogP contribution in [0.5, 0.6) is 0 Å². The SMILES string of the molecule is c1ccc(C2(c3ccccc3)c3ccccc3-c3ccc(N(c4ccc(-c5cccc6ccccc56)cc4)c4ccccc4-c4ccc5c(c4)oc4c6ccccc6ccc54)cc32)cc1. The molecular weight excluding hydrogens is 787 g/mol. The Kier molecular flexibility index (Phi) is 8.47. The monoisotopic (exact) mass is 827 g/mol. The van der Waals surface area contributed by atoms with Gasteiger partial charge in [0, 0.05) is 33.1 Å². The van der Waals surface area contributed by atoms with Crippen molar-refractivity contribution in [2.45, 2.75) is 5.41 Å². The predicted octanol–water partition coefficient (Wildman–Crippen LogP) is 17.1. The molecule has 304 valence electrons. The third kappa shape index (κ3) is 5.74. The van der Waals surface area contributed by atoms with Gasteiger partial charge in [0.1, 0.15) is 11.2 Å². The molecular formula is C63H41NO. The maximum Gasteiger partial charge on any atom is 0.143 e. The topological polar surface area (TPSA) is 16.4 Å². The van der Waals surface area contributed by atoms with Gasteiger partial charge in [-0.3, -0.25) is 0 Å². The van der Waals surface area contributed by atoms with E-state index in [1.54, 1.807) is 0 Å². The second-order valence-electron chi connectivity index (χ2n) is 17.2. The summed E-state index contributed by atoms with van der Waals surface area (Å²) in [5.41, 5.74) is 16.6. The Bertz CT molecular complexity index is 3730. The first-order valence-corrected chi connectivity index (χ1v) is 22.4. The van der Waals surface area contributed by atoms with E-state index in [1.165, 1.54) is 60.7 Å². The van der Waals surface area contributed by atoms with Crippen LogP contribution in [0.25, 0.3) is 76.9 Å². The van der Waals surface area contributed by atoms with Gasteiger partial charge in [0.15, 0.2) is 0 Å². The number of nitrogens with zero attached hydrogens (tertiary/aromatic N) is 1. The quantitative estimate of drug-likeness (QED) is 0.159. The molecule has 0 unspecified atom stereocenters. The van der Waals surface area contributed by atoms with Gasteiger partial charge < -0.3 is 9.32 Å². The first-order chi connectivity index (χ1) is 32.2. The fourth-order valence-electron chi connectivity index (χ4n) is 10.9. The minimum Gasteiger partial charge on any atom is -0.455 e. The molecule has 1 aliphatic rings. The Hall–Kier alpha value is -8.46. The van der Waals surface area contributed by atoms with Crippen molar-refractivity contribution in [2.75, 3.05) is 4.90 Å². The van der Waals surface area contributed by atoms with Gasteiger partial charge in [-0.15, -0.1) is 0 Å². The lowest BCUT2D eigenvalue weighted by atomic mass is 9.67. The molecule has 65 heavy (non-hydrogen) atoms. The van der Waals surface area contributed by atoms with E-state index in [4.69, 9.17) is 4.42 Å². The zero-order chi connectivity index (χ0) is 42.9. The Balaban J connectivity index is 1.04. The summed E-state index contributed by atoms with van der Waals surface area (Å²) in [5, 5.41) is 7.03. The van der Waals surface area contributed by atoms with Crippen LogP contribution in [-0.2, 0) is 5.41 Å². The van der Waals surface area contributed by atoms with Gasteiger partial charge in [-0.05, 0) is 115 Å². The number of anilines is 3. The van der Waals surface area contributed by atoms with Gasteiger partial charge >= 0.3 is 0 Å². The van der Waals surface area contributed by atoms with Crippen molar-refractivity contribution >= 4 is 60.5 Å². The van der Waals surface area contributed by atoms with E-state index >= 15 is 0 Å². The molecule has 0 aliphatic heterocycles. The molecule has 12 aromatic rings. The summed E-state index contributed by atoms with van der Waals surface area (Å²) in [6.45, 7) is 0. The molecule has 1 aromatic heterocycles. The highest BCUT2D eigenvalue weighted by Crippen LogP contribution is 2.57. The standard InChI is InChI=1S/C63H41NO/c1-3-19-46(20-4-1)63(47-21-5-2-6-22-47)58-28-13-11-26-54(58)55-39-36-49(41-59(55)63)64(48-34-30-44(31-35-48)51-27-15-18-42-16-7-9-23-50(42)51)60-29-14-12-24-52(60)45-33-37-56-57-38-32-43-17-8-10-25-53(43)62(57)65-61(56)40-45/h1-41H. The highest BCUT2D eigenvalue weighted by molar-refractivity contribution is 6.15. The van der Waals surface area contributed by atoms with Gasteiger partial charge in [-0.25, -0.2) is 0 Å². The van der Waals surface area contributed by atoms with Crippen LogP contribution in [-0.4, -0.2) is 0 Å². The number of fused-ring (bicyclic) bond motifs is 9. The minimum atomic E-state index is -0.537. The van der Waals surface area contributed by atoms with Crippen molar-refractivity contribution in [2.24, 2.45) is 0 Å². The van der Waals surface area contributed by atoms with Crippen LogP contribution in [0.2, 0.25) is 0 Å². The van der Waals surface area contributed by atoms with Crippen molar-refractivity contribution in [1.29, 1.82) is 0 Å². The number of para-hydroxylation sites is 1. The molecule has 0 saturated heterocycles. The molecule has 2 heteroatoms. The number of hydrogen-bond acceptors (Lipinski definition) is 2. The van der Waals surface area contributed by atoms with Gasteiger partial charge in [-0.2, -0.15) is 0 Å². The Labute approximate surface area is 377 Å². The first-order valence-electron chi connectivity index (χ1n) is 22.4. The lowest BCUT2D eigenvalue weighted by Gasteiger charge is -2.35. The van der Waals surface area contributed by atoms with Crippen LogP contribution in [0.15, 0.2) is 253 Å². The molecule has 0 fully saturated rings. The molecule has 0 N–H and O–H groups in total. The minimum absolute atomic E-state index is 0.537. The molecule has 1 aliphatic carbocycles. The smallest absolute Gasteiger partial charge is 0.143 e. The van der Waals surface area contributed by atoms with Crippen molar-refractivity contribution in [3.05, 3.63) is 271 Å². The van der Waals surface area contributed by atoms with Crippen molar-refractivity contribution in [3.8, 4) is 33.4 Å². The number of furan rings is 1. The van der Waals surface area contributed by atoms with Crippen LogP contribution < -0.4 is 4.90 Å². The van der Waals surface area contributed by atoms with Crippen LogP contribution in [0, 0.1) is 0 Å². The third-order valence-corrected chi connectivity index (χ3v) is 13.7. The zero-order valence-corrected chi connectivity index (χ0v) is 35.5. The van der Waals surface area contributed by atoms with Crippen molar-refractivity contribution < 1.29 is 4.42 Å². The second-order valence-corrected chi connectivity index (χ2v) is 17.2. The third-order valence-electron chi connectivity index (χ3n) is 13.7. The largest absolute Gasteiger partial charge is 0.455 e. The highest BCUT2D eigenvalue weighted by atomic mass is 16.3. The Morgan fingerprint density at radius 3 is 1.68 bits per heavy atom. The summed E-state index contributed by atoms with van der Waals surface area (Å²) < 4.78 is 6.76. The molecule has 11 aromatic carbocycles. The molecule has 0 bridgehead atoms. The average Bonchev–Trinajstić information content (AvgIpc) is 3.91. The normalized spacial score (nSPS) is 12.7. The van der Waals surface area contributed by atoms with Gasteiger partial charge in [0.05, 0.1) is 11.1 Å². The maximum atomic E-state index is 6.76. The van der Waals surface area contributed by atoms with E-state index in [2.05, 4.69) is 254 Å². The number of benzene rings is 11. The van der Waals surface area contributed by atoms with E-state index in [-0.39, 0.29) is 0 Å². The van der Waals surface area contributed by atoms with Gasteiger partial charge in [-0.1, -0.05) is 200 Å². The summed E-state index contributed by atoms with van der Waals surface area (Å²) in [5.74, 6) is 0. The number of hydrogen-bond donors (Lipinski definition) is 0. The van der Waals surface area contributed by atoms with E-state index in [0.717, 1.165) is 55.5 Å². The second kappa shape index (κ2) is 14.8. The molecule has 0 saturated carbocycles. The average molecular weight is 828 g/mol. The first kappa shape index (κ1) is 37.1.